The highest BCUT2D eigenvalue weighted by Crippen LogP contribution is 2.20. The zero-order chi connectivity index (χ0) is 19.9. The molecule has 0 spiro atoms. The second-order valence-electron chi connectivity index (χ2n) is 6.64. The highest BCUT2D eigenvalue weighted by Gasteiger charge is 2.12. The summed E-state index contributed by atoms with van der Waals surface area (Å²) in [6, 6.07) is 18.6. The fraction of sp³-hybridized carbons (Fsp3) is 0.227. The lowest BCUT2D eigenvalue weighted by atomic mass is 10.0. The van der Waals surface area contributed by atoms with Gasteiger partial charge < -0.3 is 20.5 Å². The SMILES string of the molecule is CC(COc1ccc(F)cc1)NC(=O)NCC(O)c1ccc2ccccc2c1. The summed E-state index contributed by atoms with van der Waals surface area (Å²) in [7, 11) is 0. The van der Waals surface area contributed by atoms with Gasteiger partial charge in [0.1, 0.15) is 18.2 Å². The molecule has 3 N–H and O–H groups in total. The van der Waals surface area contributed by atoms with Crippen molar-refractivity contribution >= 4 is 16.8 Å². The lowest BCUT2D eigenvalue weighted by Crippen LogP contribution is -2.44. The molecular formula is C22H23FN2O3. The van der Waals surface area contributed by atoms with Crippen LogP contribution < -0.4 is 15.4 Å². The van der Waals surface area contributed by atoms with Crippen LogP contribution in [0.3, 0.4) is 0 Å². The zero-order valence-electron chi connectivity index (χ0n) is 15.6. The first-order valence-corrected chi connectivity index (χ1v) is 9.11. The van der Waals surface area contributed by atoms with Crippen molar-refractivity contribution < 1.29 is 19.0 Å². The maximum Gasteiger partial charge on any atom is 0.315 e. The lowest BCUT2D eigenvalue weighted by Gasteiger charge is -2.17. The van der Waals surface area contributed by atoms with Gasteiger partial charge in [-0.3, -0.25) is 0 Å². The van der Waals surface area contributed by atoms with Crippen LogP contribution in [0, 0.1) is 5.82 Å². The fourth-order valence-electron chi connectivity index (χ4n) is 2.79. The molecule has 2 unspecified atom stereocenters. The molecule has 146 valence electrons. The lowest BCUT2D eigenvalue weighted by molar-refractivity contribution is 0.171. The fourth-order valence-corrected chi connectivity index (χ4v) is 2.79. The first kappa shape index (κ1) is 19.6. The van der Waals surface area contributed by atoms with Crippen LogP contribution in [-0.4, -0.2) is 30.3 Å². The number of ether oxygens (including phenoxy) is 1. The normalized spacial score (nSPS) is 13.0. The molecule has 3 aromatic rings. The summed E-state index contributed by atoms with van der Waals surface area (Å²) in [5, 5.41) is 17.9. The summed E-state index contributed by atoms with van der Waals surface area (Å²) in [5.41, 5.74) is 0.742. The van der Waals surface area contributed by atoms with E-state index < -0.39 is 12.1 Å². The number of urea groups is 1. The second kappa shape index (κ2) is 9.19. The van der Waals surface area contributed by atoms with Crippen LogP contribution in [0.15, 0.2) is 66.7 Å². The van der Waals surface area contributed by atoms with Gasteiger partial charge in [0.25, 0.3) is 0 Å². The van der Waals surface area contributed by atoms with Crippen LogP contribution in [0.2, 0.25) is 0 Å². The predicted octanol–water partition coefficient (Wildman–Crippen LogP) is 3.78. The van der Waals surface area contributed by atoms with Gasteiger partial charge >= 0.3 is 6.03 Å². The van der Waals surface area contributed by atoms with Crippen LogP contribution in [0.4, 0.5) is 9.18 Å². The van der Waals surface area contributed by atoms with Crippen LogP contribution in [0.1, 0.15) is 18.6 Å². The number of hydrogen-bond donors (Lipinski definition) is 3. The zero-order valence-corrected chi connectivity index (χ0v) is 15.6. The van der Waals surface area contributed by atoms with Gasteiger partial charge in [0.15, 0.2) is 0 Å². The molecule has 3 rings (SSSR count). The van der Waals surface area contributed by atoms with E-state index in [2.05, 4.69) is 10.6 Å². The molecule has 0 aliphatic rings. The Balaban J connectivity index is 1.44. The van der Waals surface area contributed by atoms with E-state index in [1.54, 1.807) is 6.92 Å². The third kappa shape index (κ3) is 5.44. The summed E-state index contributed by atoms with van der Waals surface area (Å²) in [4.78, 5) is 12.0. The average Bonchev–Trinajstić information content (AvgIpc) is 2.71. The number of amides is 2. The number of aliphatic hydroxyl groups excluding tert-OH is 1. The van der Waals surface area contributed by atoms with Gasteiger partial charge in [-0.1, -0.05) is 36.4 Å². The summed E-state index contributed by atoms with van der Waals surface area (Å²) < 4.78 is 18.4. The Bertz CT molecular complexity index is 930. The van der Waals surface area contributed by atoms with Crippen LogP contribution in [0.25, 0.3) is 10.8 Å². The predicted molar refractivity (Wildman–Crippen MR) is 107 cm³/mol. The highest BCUT2D eigenvalue weighted by molar-refractivity contribution is 5.83. The van der Waals surface area contributed by atoms with Gasteiger partial charge in [-0.05, 0) is 53.6 Å². The Kier molecular flexibility index (Phi) is 6.45. The maximum atomic E-state index is 12.9. The van der Waals surface area contributed by atoms with Gasteiger partial charge in [-0.2, -0.15) is 0 Å². The van der Waals surface area contributed by atoms with Crippen molar-refractivity contribution in [1.82, 2.24) is 10.6 Å². The first-order chi connectivity index (χ1) is 13.5. The molecule has 6 heteroatoms. The molecule has 28 heavy (non-hydrogen) atoms. The molecule has 0 saturated carbocycles. The van der Waals surface area contributed by atoms with E-state index >= 15 is 0 Å². The van der Waals surface area contributed by atoms with Crippen LogP contribution in [0.5, 0.6) is 5.75 Å². The summed E-state index contributed by atoms with van der Waals surface area (Å²) in [5.74, 6) is 0.199. The molecule has 0 aliphatic carbocycles. The molecule has 0 fully saturated rings. The number of nitrogens with one attached hydrogen (secondary N) is 2. The highest BCUT2D eigenvalue weighted by atomic mass is 19.1. The van der Waals surface area contributed by atoms with E-state index in [1.807, 2.05) is 42.5 Å². The van der Waals surface area contributed by atoms with Crippen molar-refractivity contribution in [3.63, 3.8) is 0 Å². The molecule has 2 amide bonds. The van der Waals surface area contributed by atoms with Gasteiger partial charge in [-0.15, -0.1) is 0 Å². The average molecular weight is 382 g/mol. The summed E-state index contributed by atoms with van der Waals surface area (Å²) in [6.07, 6.45) is -0.805. The van der Waals surface area contributed by atoms with Gasteiger partial charge in [-0.25, -0.2) is 9.18 Å². The smallest absolute Gasteiger partial charge is 0.315 e. The number of fused-ring (bicyclic) bond motifs is 1. The monoisotopic (exact) mass is 382 g/mol. The van der Waals surface area contributed by atoms with Crippen molar-refractivity contribution in [3.05, 3.63) is 78.1 Å². The van der Waals surface area contributed by atoms with Gasteiger partial charge in [0, 0.05) is 6.54 Å². The van der Waals surface area contributed by atoms with E-state index in [4.69, 9.17) is 4.74 Å². The molecule has 3 aromatic carbocycles. The first-order valence-electron chi connectivity index (χ1n) is 9.11. The van der Waals surface area contributed by atoms with Gasteiger partial charge in [0.05, 0.1) is 12.1 Å². The maximum absolute atomic E-state index is 12.9. The van der Waals surface area contributed by atoms with Crippen molar-refractivity contribution in [2.24, 2.45) is 0 Å². The standard InChI is InChI=1S/C22H23FN2O3/c1-15(14-28-20-10-8-19(23)9-11-20)25-22(27)24-13-21(26)18-7-6-16-4-2-3-5-17(16)12-18/h2-12,15,21,26H,13-14H2,1H3,(H2,24,25,27). The van der Waals surface area contributed by atoms with E-state index in [-0.39, 0.29) is 25.0 Å². The molecule has 0 aromatic heterocycles. The molecule has 0 radical (unpaired) electrons. The third-order valence-corrected chi connectivity index (χ3v) is 4.31. The Labute approximate surface area is 163 Å². The number of aliphatic hydroxyl groups is 1. The minimum atomic E-state index is -0.805. The molecule has 0 heterocycles. The van der Waals surface area contributed by atoms with E-state index in [0.717, 1.165) is 16.3 Å². The Morgan fingerprint density at radius 2 is 1.79 bits per heavy atom. The third-order valence-electron chi connectivity index (χ3n) is 4.31. The second-order valence-corrected chi connectivity index (χ2v) is 6.64. The van der Waals surface area contributed by atoms with E-state index in [9.17, 15) is 14.3 Å². The molecule has 0 bridgehead atoms. The summed E-state index contributed by atoms with van der Waals surface area (Å²) in [6.45, 7) is 2.13. The number of hydrogen-bond acceptors (Lipinski definition) is 3. The molecule has 2 atom stereocenters. The number of carbonyl (C=O) groups is 1. The Morgan fingerprint density at radius 1 is 1.07 bits per heavy atom. The number of halogens is 1. The topological polar surface area (TPSA) is 70.6 Å². The summed E-state index contributed by atoms with van der Waals surface area (Å²) >= 11 is 0. The van der Waals surface area contributed by atoms with Crippen molar-refractivity contribution in [2.45, 2.75) is 19.1 Å². The number of rotatable bonds is 7. The van der Waals surface area contributed by atoms with Crippen molar-refractivity contribution in [2.75, 3.05) is 13.2 Å². The Hall–Kier alpha value is -3.12. The molecule has 0 aliphatic heterocycles. The number of benzene rings is 3. The molecule has 5 nitrogen and oxygen atoms in total. The van der Waals surface area contributed by atoms with Gasteiger partial charge in [0.2, 0.25) is 0 Å². The molecule has 0 saturated heterocycles. The minimum absolute atomic E-state index is 0.0930. The quantitative estimate of drug-likeness (QED) is 0.582. The Morgan fingerprint density at radius 3 is 2.54 bits per heavy atom. The van der Waals surface area contributed by atoms with Crippen LogP contribution >= 0.6 is 0 Å². The van der Waals surface area contributed by atoms with E-state index in [1.165, 1.54) is 24.3 Å². The minimum Gasteiger partial charge on any atom is -0.491 e. The largest absolute Gasteiger partial charge is 0.491 e. The number of carbonyl (C=O) groups excluding carboxylic acids is 1. The van der Waals surface area contributed by atoms with Crippen molar-refractivity contribution in [3.8, 4) is 5.75 Å². The molecular weight excluding hydrogens is 359 g/mol. The van der Waals surface area contributed by atoms with Crippen LogP contribution in [-0.2, 0) is 0 Å². The van der Waals surface area contributed by atoms with E-state index in [0.29, 0.717) is 5.75 Å². The van der Waals surface area contributed by atoms with Crippen molar-refractivity contribution in [1.29, 1.82) is 0 Å².